The minimum Gasteiger partial charge on any atom is -0.395 e. The molecule has 4 nitrogen and oxygen atoms in total. The molecule has 2 N–H and O–H groups in total. The Kier molecular flexibility index (Phi) is 4.78. The molecule has 1 aliphatic rings. The maximum Gasteiger partial charge on any atom is 0.220 e. The molecule has 0 aromatic heterocycles. The van der Waals surface area contributed by atoms with Gasteiger partial charge in [-0.1, -0.05) is 0 Å². The second kappa shape index (κ2) is 5.94. The Balaban J connectivity index is 2.00. The van der Waals surface area contributed by atoms with Crippen molar-refractivity contribution in [3.8, 4) is 0 Å². The normalized spacial score (nSPS) is 21.8. The fraction of sp³-hybridized carbons (Fsp3) is 0.889. The van der Waals surface area contributed by atoms with Gasteiger partial charge in [-0.05, 0) is 19.3 Å². The Morgan fingerprint density at radius 2 is 2.46 bits per heavy atom. The van der Waals surface area contributed by atoms with Crippen molar-refractivity contribution in [2.24, 2.45) is 0 Å². The number of rotatable bonds is 5. The molecule has 1 rings (SSSR count). The highest BCUT2D eigenvalue weighted by molar-refractivity contribution is 5.75. The highest BCUT2D eigenvalue weighted by Gasteiger charge is 2.16. The zero-order valence-electron chi connectivity index (χ0n) is 7.79. The van der Waals surface area contributed by atoms with E-state index in [9.17, 15) is 4.79 Å². The zero-order chi connectivity index (χ0) is 9.52. The van der Waals surface area contributed by atoms with Gasteiger partial charge in [-0.3, -0.25) is 4.79 Å². The molecule has 0 bridgehead atoms. The average Bonchev–Trinajstić information content (AvgIpc) is 2.64. The molecule has 0 aromatic rings. The number of aliphatic hydroxyl groups excluding tert-OH is 1. The summed E-state index contributed by atoms with van der Waals surface area (Å²) in [5.41, 5.74) is 0. The number of hydrogen-bond acceptors (Lipinski definition) is 3. The Morgan fingerprint density at radius 3 is 3.08 bits per heavy atom. The first-order valence-electron chi connectivity index (χ1n) is 4.82. The second-order valence-electron chi connectivity index (χ2n) is 3.25. The van der Waals surface area contributed by atoms with Crippen LogP contribution in [0.25, 0.3) is 0 Å². The number of amides is 1. The Morgan fingerprint density at radius 1 is 1.62 bits per heavy atom. The van der Waals surface area contributed by atoms with Gasteiger partial charge in [0.25, 0.3) is 0 Å². The SMILES string of the molecule is O=C(CC[C@@H]1CCCO1)NCCO. The fourth-order valence-corrected chi connectivity index (χ4v) is 1.45. The summed E-state index contributed by atoms with van der Waals surface area (Å²) < 4.78 is 5.38. The van der Waals surface area contributed by atoms with Crippen molar-refractivity contribution in [3.05, 3.63) is 0 Å². The average molecular weight is 187 g/mol. The minimum atomic E-state index is 0.00421. The van der Waals surface area contributed by atoms with E-state index in [0.29, 0.717) is 13.0 Å². The van der Waals surface area contributed by atoms with Crippen molar-refractivity contribution in [2.75, 3.05) is 19.8 Å². The topological polar surface area (TPSA) is 58.6 Å². The number of nitrogens with one attached hydrogen (secondary N) is 1. The Bertz CT molecular complexity index is 155. The Hall–Kier alpha value is -0.610. The van der Waals surface area contributed by atoms with Crippen LogP contribution in [0.4, 0.5) is 0 Å². The number of carbonyl (C=O) groups is 1. The molecule has 0 unspecified atom stereocenters. The summed E-state index contributed by atoms with van der Waals surface area (Å²) in [6, 6.07) is 0. The monoisotopic (exact) mass is 187 g/mol. The van der Waals surface area contributed by atoms with Crippen LogP contribution in [-0.2, 0) is 9.53 Å². The summed E-state index contributed by atoms with van der Waals surface area (Å²) in [5.74, 6) is 0.00421. The van der Waals surface area contributed by atoms with Crippen molar-refractivity contribution >= 4 is 5.91 Å². The molecule has 0 aliphatic carbocycles. The largest absolute Gasteiger partial charge is 0.395 e. The molecule has 1 heterocycles. The van der Waals surface area contributed by atoms with Crippen LogP contribution in [0.15, 0.2) is 0 Å². The van der Waals surface area contributed by atoms with Crippen LogP contribution in [-0.4, -0.2) is 36.9 Å². The smallest absolute Gasteiger partial charge is 0.220 e. The summed E-state index contributed by atoms with van der Waals surface area (Å²) >= 11 is 0. The number of hydrogen-bond donors (Lipinski definition) is 2. The van der Waals surface area contributed by atoms with Crippen LogP contribution in [0, 0.1) is 0 Å². The van der Waals surface area contributed by atoms with Crippen molar-refractivity contribution in [1.82, 2.24) is 5.32 Å². The highest BCUT2D eigenvalue weighted by Crippen LogP contribution is 2.16. The van der Waals surface area contributed by atoms with E-state index in [2.05, 4.69) is 5.32 Å². The maximum absolute atomic E-state index is 11.1. The van der Waals surface area contributed by atoms with Crippen molar-refractivity contribution in [3.63, 3.8) is 0 Å². The van der Waals surface area contributed by atoms with Gasteiger partial charge in [-0.2, -0.15) is 0 Å². The zero-order valence-corrected chi connectivity index (χ0v) is 7.79. The fourth-order valence-electron chi connectivity index (χ4n) is 1.45. The van der Waals surface area contributed by atoms with Crippen LogP contribution in [0.5, 0.6) is 0 Å². The van der Waals surface area contributed by atoms with Gasteiger partial charge < -0.3 is 15.2 Å². The van der Waals surface area contributed by atoms with E-state index in [1.54, 1.807) is 0 Å². The van der Waals surface area contributed by atoms with Gasteiger partial charge in [0.15, 0.2) is 0 Å². The first-order chi connectivity index (χ1) is 6.33. The molecule has 0 radical (unpaired) electrons. The van der Waals surface area contributed by atoms with Crippen molar-refractivity contribution < 1.29 is 14.6 Å². The van der Waals surface area contributed by atoms with E-state index in [0.717, 1.165) is 25.9 Å². The molecular formula is C9H17NO3. The van der Waals surface area contributed by atoms with Crippen LogP contribution in [0.1, 0.15) is 25.7 Å². The second-order valence-corrected chi connectivity index (χ2v) is 3.25. The third-order valence-corrected chi connectivity index (χ3v) is 2.15. The third kappa shape index (κ3) is 4.24. The number of aliphatic hydroxyl groups is 1. The molecule has 4 heteroatoms. The molecule has 1 atom stereocenters. The minimum absolute atomic E-state index is 0.00421. The van der Waals surface area contributed by atoms with Crippen LogP contribution in [0.2, 0.25) is 0 Å². The molecule has 1 fully saturated rings. The first kappa shape index (κ1) is 10.5. The predicted octanol–water partition coefficient (Wildman–Crippen LogP) is 0.0541. The van der Waals surface area contributed by atoms with Crippen LogP contribution >= 0.6 is 0 Å². The van der Waals surface area contributed by atoms with E-state index in [-0.39, 0.29) is 18.6 Å². The van der Waals surface area contributed by atoms with Crippen LogP contribution < -0.4 is 5.32 Å². The molecule has 0 aromatic carbocycles. The van der Waals surface area contributed by atoms with Gasteiger partial charge in [-0.15, -0.1) is 0 Å². The molecule has 0 saturated carbocycles. The predicted molar refractivity (Wildman–Crippen MR) is 48.3 cm³/mol. The molecular weight excluding hydrogens is 170 g/mol. The lowest BCUT2D eigenvalue weighted by atomic mass is 10.1. The van der Waals surface area contributed by atoms with Gasteiger partial charge in [0.1, 0.15) is 0 Å². The first-order valence-corrected chi connectivity index (χ1v) is 4.82. The van der Waals surface area contributed by atoms with Crippen molar-refractivity contribution in [2.45, 2.75) is 31.8 Å². The van der Waals surface area contributed by atoms with E-state index in [1.165, 1.54) is 0 Å². The number of carbonyl (C=O) groups excluding carboxylic acids is 1. The lowest BCUT2D eigenvalue weighted by molar-refractivity contribution is -0.121. The van der Waals surface area contributed by atoms with Gasteiger partial charge in [-0.25, -0.2) is 0 Å². The van der Waals surface area contributed by atoms with Gasteiger partial charge in [0.2, 0.25) is 5.91 Å². The standard InChI is InChI=1S/C9H17NO3/c11-6-5-10-9(12)4-3-8-2-1-7-13-8/h8,11H,1-7H2,(H,10,12)/t8-/m0/s1. The van der Waals surface area contributed by atoms with E-state index < -0.39 is 0 Å². The molecule has 1 amide bonds. The summed E-state index contributed by atoms with van der Waals surface area (Å²) in [6.45, 7) is 1.19. The van der Waals surface area contributed by atoms with Gasteiger partial charge >= 0.3 is 0 Å². The van der Waals surface area contributed by atoms with E-state index in [1.807, 2.05) is 0 Å². The van der Waals surface area contributed by atoms with E-state index >= 15 is 0 Å². The number of ether oxygens (including phenoxy) is 1. The quantitative estimate of drug-likeness (QED) is 0.639. The van der Waals surface area contributed by atoms with Gasteiger partial charge in [0.05, 0.1) is 12.7 Å². The molecule has 76 valence electrons. The molecule has 0 spiro atoms. The van der Waals surface area contributed by atoms with Gasteiger partial charge in [0, 0.05) is 19.6 Å². The summed E-state index contributed by atoms with van der Waals surface area (Å²) in [5, 5.41) is 11.1. The Labute approximate surface area is 78.3 Å². The maximum atomic E-state index is 11.1. The lowest BCUT2D eigenvalue weighted by Gasteiger charge is -2.08. The lowest BCUT2D eigenvalue weighted by Crippen LogP contribution is -2.27. The van der Waals surface area contributed by atoms with Crippen LogP contribution in [0.3, 0.4) is 0 Å². The van der Waals surface area contributed by atoms with E-state index in [4.69, 9.17) is 9.84 Å². The molecule has 1 aliphatic heterocycles. The third-order valence-electron chi connectivity index (χ3n) is 2.15. The summed E-state index contributed by atoms with van der Waals surface area (Å²) in [7, 11) is 0. The summed E-state index contributed by atoms with van der Waals surface area (Å²) in [6.07, 6.45) is 3.78. The molecule has 13 heavy (non-hydrogen) atoms. The highest BCUT2D eigenvalue weighted by atomic mass is 16.5. The summed E-state index contributed by atoms with van der Waals surface area (Å²) in [4.78, 5) is 11.1. The molecule has 1 saturated heterocycles. The van der Waals surface area contributed by atoms with Crippen molar-refractivity contribution in [1.29, 1.82) is 0 Å².